The van der Waals surface area contributed by atoms with E-state index >= 15 is 0 Å². The Morgan fingerprint density at radius 2 is 2.27 bits per heavy atom. The van der Waals surface area contributed by atoms with Gasteiger partial charge >= 0.3 is 5.97 Å². The summed E-state index contributed by atoms with van der Waals surface area (Å²) in [7, 11) is 1.69. The van der Waals surface area contributed by atoms with Gasteiger partial charge in [0.05, 0.1) is 0 Å². The molecule has 82 valence electrons. The molecule has 5 nitrogen and oxygen atoms in total. The molecular weight excluding hydrogens is 196 g/mol. The highest BCUT2D eigenvalue weighted by atomic mass is 16.5. The minimum atomic E-state index is -0.990. The Bertz CT molecular complexity index is 367. The van der Waals surface area contributed by atoms with Gasteiger partial charge in [0.15, 0.2) is 0 Å². The molecule has 0 bridgehead atoms. The van der Waals surface area contributed by atoms with Gasteiger partial charge in [0.1, 0.15) is 11.7 Å². The number of hydrogen-bond acceptors (Lipinski definition) is 3. The predicted octanol–water partition coefficient (Wildman–Crippen LogP) is 1.44. The van der Waals surface area contributed by atoms with Gasteiger partial charge in [-0.2, -0.15) is 0 Å². The second kappa shape index (κ2) is 3.92. The maximum absolute atomic E-state index is 10.9. The summed E-state index contributed by atoms with van der Waals surface area (Å²) in [6, 6.07) is 0. The van der Waals surface area contributed by atoms with E-state index in [0.29, 0.717) is 0 Å². The molecule has 0 amide bonds. The fourth-order valence-electron chi connectivity index (χ4n) is 1.87. The van der Waals surface area contributed by atoms with Crippen molar-refractivity contribution in [1.29, 1.82) is 0 Å². The number of carbonyl (C=O) groups is 1. The van der Waals surface area contributed by atoms with Crippen molar-refractivity contribution in [2.75, 3.05) is 0 Å². The maximum Gasteiger partial charge on any atom is 0.342 e. The summed E-state index contributed by atoms with van der Waals surface area (Å²) in [5.41, 5.74) is 0.143. The molecule has 1 aliphatic rings. The van der Waals surface area contributed by atoms with Crippen molar-refractivity contribution in [1.82, 2.24) is 9.78 Å². The number of nitrogens with zero attached hydrogens (tertiary/aromatic N) is 2. The van der Waals surface area contributed by atoms with Crippen molar-refractivity contribution in [3.8, 4) is 5.88 Å². The van der Waals surface area contributed by atoms with Gasteiger partial charge in [0.25, 0.3) is 0 Å². The van der Waals surface area contributed by atoms with Crippen molar-refractivity contribution in [2.45, 2.75) is 31.8 Å². The van der Waals surface area contributed by atoms with Gasteiger partial charge in [0, 0.05) is 13.2 Å². The fourth-order valence-corrected chi connectivity index (χ4v) is 1.87. The van der Waals surface area contributed by atoms with E-state index in [4.69, 9.17) is 9.84 Å². The van der Waals surface area contributed by atoms with Gasteiger partial charge in [-0.3, -0.25) is 4.68 Å². The minimum absolute atomic E-state index is 0.137. The number of carboxylic acid groups (broad SMARTS) is 1. The Morgan fingerprint density at radius 1 is 1.60 bits per heavy atom. The Balaban J connectivity index is 2.15. The van der Waals surface area contributed by atoms with Crippen LogP contribution in [0.3, 0.4) is 0 Å². The Hall–Kier alpha value is -1.52. The molecule has 1 aromatic rings. The van der Waals surface area contributed by atoms with E-state index in [1.54, 1.807) is 7.05 Å². The predicted molar refractivity (Wildman–Crippen MR) is 53.1 cm³/mol. The van der Waals surface area contributed by atoms with Gasteiger partial charge < -0.3 is 9.84 Å². The third kappa shape index (κ3) is 2.11. The fraction of sp³-hybridized carbons (Fsp3) is 0.600. The van der Waals surface area contributed by atoms with Crippen LogP contribution in [0.1, 0.15) is 36.0 Å². The van der Waals surface area contributed by atoms with E-state index in [1.807, 2.05) is 0 Å². The number of aryl methyl sites for hydroxylation is 1. The van der Waals surface area contributed by atoms with Crippen LogP contribution in [0.4, 0.5) is 0 Å². The third-order valence-electron chi connectivity index (χ3n) is 2.61. The average Bonchev–Trinajstić information content (AvgIpc) is 2.75. The molecule has 0 radical (unpaired) electrons. The van der Waals surface area contributed by atoms with Gasteiger partial charge in [-0.1, -0.05) is 0 Å². The van der Waals surface area contributed by atoms with Gasteiger partial charge in [-0.05, 0) is 25.7 Å². The molecule has 1 fully saturated rings. The molecular formula is C10H14N2O3. The van der Waals surface area contributed by atoms with E-state index in [1.165, 1.54) is 10.9 Å². The van der Waals surface area contributed by atoms with E-state index in [0.717, 1.165) is 25.7 Å². The molecule has 0 aromatic carbocycles. The minimum Gasteiger partial charge on any atom is -0.477 e. The van der Waals surface area contributed by atoms with Crippen LogP contribution in [0.5, 0.6) is 5.88 Å². The standard InChI is InChI=1S/C10H14N2O3/c1-12-6-8(10(13)14)9(11-12)15-7-4-2-3-5-7/h6-7H,2-5H2,1H3,(H,13,14). The molecule has 5 heteroatoms. The summed E-state index contributed by atoms with van der Waals surface area (Å²) in [6.45, 7) is 0. The van der Waals surface area contributed by atoms with Crippen molar-refractivity contribution in [3.05, 3.63) is 11.8 Å². The summed E-state index contributed by atoms with van der Waals surface area (Å²) in [4.78, 5) is 10.9. The van der Waals surface area contributed by atoms with E-state index in [9.17, 15) is 4.79 Å². The summed E-state index contributed by atoms with van der Waals surface area (Å²) in [5, 5.41) is 12.9. The van der Waals surface area contributed by atoms with Crippen molar-refractivity contribution < 1.29 is 14.6 Å². The second-order valence-corrected chi connectivity index (χ2v) is 3.85. The molecule has 1 aliphatic carbocycles. The van der Waals surface area contributed by atoms with Crippen LogP contribution < -0.4 is 4.74 Å². The zero-order chi connectivity index (χ0) is 10.8. The Morgan fingerprint density at radius 3 is 2.87 bits per heavy atom. The lowest BCUT2D eigenvalue weighted by Gasteiger charge is -2.10. The first kappa shape index (κ1) is 10.0. The van der Waals surface area contributed by atoms with Crippen LogP contribution in [0.2, 0.25) is 0 Å². The van der Waals surface area contributed by atoms with Crippen LogP contribution in [-0.2, 0) is 7.05 Å². The van der Waals surface area contributed by atoms with Crippen LogP contribution in [-0.4, -0.2) is 27.0 Å². The first-order valence-corrected chi connectivity index (χ1v) is 5.10. The van der Waals surface area contributed by atoms with Crippen LogP contribution in [0, 0.1) is 0 Å². The summed E-state index contributed by atoms with van der Waals surface area (Å²) >= 11 is 0. The quantitative estimate of drug-likeness (QED) is 0.819. The molecule has 0 unspecified atom stereocenters. The molecule has 0 spiro atoms. The first-order chi connectivity index (χ1) is 7.16. The summed E-state index contributed by atoms with van der Waals surface area (Å²) in [6.07, 6.45) is 5.90. The largest absolute Gasteiger partial charge is 0.477 e. The van der Waals surface area contributed by atoms with Crippen LogP contribution in [0.15, 0.2) is 6.20 Å². The van der Waals surface area contributed by atoms with E-state index in [2.05, 4.69) is 5.10 Å². The van der Waals surface area contributed by atoms with Gasteiger partial charge in [-0.15, -0.1) is 5.10 Å². The van der Waals surface area contributed by atoms with Crippen molar-refractivity contribution >= 4 is 5.97 Å². The van der Waals surface area contributed by atoms with E-state index < -0.39 is 5.97 Å². The number of hydrogen-bond donors (Lipinski definition) is 1. The number of aromatic nitrogens is 2. The lowest BCUT2D eigenvalue weighted by Crippen LogP contribution is -2.13. The molecule has 1 heterocycles. The highest BCUT2D eigenvalue weighted by molar-refractivity contribution is 5.89. The maximum atomic E-state index is 10.9. The number of ether oxygens (including phenoxy) is 1. The van der Waals surface area contributed by atoms with Gasteiger partial charge in [0.2, 0.25) is 5.88 Å². The lowest BCUT2D eigenvalue weighted by molar-refractivity contribution is 0.0689. The molecule has 0 aliphatic heterocycles. The normalized spacial score (nSPS) is 16.9. The molecule has 0 saturated heterocycles. The average molecular weight is 210 g/mol. The molecule has 0 atom stereocenters. The third-order valence-corrected chi connectivity index (χ3v) is 2.61. The summed E-state index contributed by atoms with van der Waals surface area (Å²) in [5.74, 6) is -0.743. The summed E-state index contributed by atoms with van der Waals surface area (Å²) < 4.78 is 7.04. The lowest BCUT2D eigenvalue weighted by atomic mass is 10.3. The number of rotatable bonds is 3. The van der Waals surface area contributed by atoms with Crippen molar-refractivity contribution in [3.63, 3.8) is 0 Å². The van der Waals surface area contributed by atoms with Gasteiger partial charge in [-0.25, -0.2) is 4.79 Å². The Labute approximate surface area is 87.7 Å². The molecule has 15 heavy (non-hydrogen) atoms. The van der Waals surface area contributed by atoms with Crippen molar-refractivity contribution in [2.24, 2.45) is 7.05 Å². The number of carboxylic acids is 1. The smallest absolute Gasteiger partial charge is 0.342 e. The molecule has 1 N–H and O–H groups in total. The zero-order valence-corrected chi connectivity index (χ0v) is 8.64. The Kier molecular flexibility index (Phi) is 2.62. The topological polar surface area (TPSA) is 64.4 Å². The van der Waals surface area contributed by atoms with Crippen LogP contribution >= 0.6 is 0 Å². The SMILES string of the molecule is Cn1cc(C(=O)O)c(OC2CCCC2)n1. The van der Waals surface area contributed by atoms with E-state index in [-0.39, 0.29) is 17.5 Å². The first-order valence-electron chi connectivity index (χ1n) is 5.10. The highest BCUT2D eigenvalue weighted by Crippen LogP contribution is 2.25. The second-order valence-electron chi connectivity index (χ2n) is 3.85. The zero-order valence-electron chi connectivity index (χ0n) is 8.64. The molecule has 1 aromatic heterocycles. The molecule has 1 saturated carbocycles. The highest BCUT2D eigenvalue weighted by Gasteiger charge is 2.22. The molecule has 2 rings (SSSR count). The monoisotopic (exact) mass is 210 g/mol. The van der Waals surface area contributed by atoms with Crippen LogP contribution in [0.25, 0.3) is 0 Å². The number of aromatic carboxylic acids is 1.